The molecule has 0 nitrogen and oxygen atoms in total. The largest absolute Gasteiger partial charge is 0.0917 e. The van der Waals surface area contributed by atoms with E-state index in [1.807, 2.05) is 0 Å². The molecule has 0 aromatic heterocycles. The fourth-order valence-corrected chi connectivity index (χ4v) is 3.98. The van der Waals surface area contributed by atoms with Crippen LogP contribution in [0.25, 0.3) is 0 Å². The molecule has 0 heterocycles. The Balaban J connectivity index is 0.00000162. The van der Waals surface area contributed by atoms with Crippen LogP contribution in [0.5, 0.6) is 0 Å². The van der Waals surface area contributed by atoms with Gasteiger partial charge in [-0.25, -0.2) is 0 Å². The average Bonchev–Trinajstić information content (AvgIpc) is 2.38. The van der Waals surface area contributed by atoms with Crippen LogP contribution in [0.3, 0.4) is 0 Å². The van der Waals surface area contributed by atoms with Crippen molar-refractivity contribution in [1.29, 1.82) is 0 Å². The molecule has 0 N–H and O–H groups in total. The highest BCUT2D eigenvalue weighted by Crippen LogP contribution is 2.41. The number of rotatable bonds is 3. The van der Waals surface area contributed by atoms with Crippen molar-refractivity contribution in [2.24, 2.45) is 23.7 Å². The van der Waals surface area contributed by atoms with Crippen LogP contribution in [-0.2, 0) is 0 Å². The zero-order chi connectivity index (χ0) is 12.1. The molecular weight excluding hydrogens is 204 g/mol. The van der Waals surface area contributed by atoms with Gasteiger partial charge in [0.2, 0.25) is 0 Å². The van der Waals surface area contributed by atoms with Crippen molar-refractivity contribution in [3.8, 4) is 0 Å². The van der Waals surface area contributed by atoms with E-state index in [-0.39, 0.29) is 2.85 Å². The first-order chi connectivity index (χ1) is 8.29. The molecular formula is C17H34. The Bertz CT molecular complexity index is 234. The summed E-state index contributed by atoms with van der Waals surface area (Å²) in [5.41, 5.74) is 0. The minimum absolute atomic E-state index is 0. The Morgan fingerprint density at radius 3 is 1.94 bits per heavy atom. The zero-order valence-corrected chi connectivity index (χ0v) is 11.8. The molecule has 2 aliphatic rings. The van der Waals surface area contributed by atoms with E-state index in [4.69, 9.17) is 0 Å². The maximum atomic E-state index is 2.43. The highest BCUT2D eigenvalue weighted by molar-refractivity contribution is 4.85. The summed E-state index contributed by atoms with van der Waals surface area (Å²) in [7, 11) is 0. The van der Waals surface area contributed by atoms with Gasteiger partial charge in [-0.15, -0.1) is 0 Å². The van der Waals surface area contributed by atoms with Crippen molar-refractivity contribution < 1.29 is 2.85 Å². The van der Waals surface area contributed by atoms with Crippen molar-refractivity contribution in [3.63, 3.8) is 0 Å². The van der Waals surface area contributed by atoms with Gasteiger partial charge >= 0.3 is 0 Å². The van der Waals surface area contributed by atoms with E-state index in [0.29, 0.717) is 0 Å². The summed E-state index contributed by atoms with van der Waals surface area (Å²) in [5.74, 6) is 4.19. The van der Waals surface area contributed by atoms with E-state index >= 15 is 0 Å². The molecule has 0 radical (unpaired) electrons. The number of allylic oxidation sites excluding steroid dienone is 2. The highest BCUT2D eigenvalue weighted by atomic mass is 14.3. The first-order valence-corrected chi connectivity index (χ1v) is 7.90. The Morgan fingerprint density at radius 2 is 1.41 bits per heavy atom. The molecule has 2 aliphatic carbocycles. The van der Waals surface area contributed by atoms with E-state index < -0.39 is 0 Å². The topological polar surface area (TPSA) is 0 Å². The van der Waals surface area contributed by atoms with Crippen LogP contribution in [0.2, 0.25) is 0 Å². The van der Waals surface area contributed by atoms with Gasteiger partial charge in [-0.2, -0.15) is 0 Å². The minimum atomic E-state index is 0. The van der Waals surface area contributed by atoms with Gasteiger partial charge in [0.15, 0.2) is 0 Å². The normalized spacial score (nSPS) is 39.6. The second kappa shape index (κ2) is 6.61. The van der Waals surface area contributed by atoms with Crippen LogP contribution in [-0.4, -0.2) is 0 Å². The Kier molecular flexibility index (Phi) is 5.13. The van der Waals surface area contributed by atoms with Gasteiger partial charge in [0.1, 0.15) is 0 Å². The molecule has 102 valence electrons. The lowest BCUT2D eigenvalue weighted by Crippen LogP contribution is -2.25. The van der Waals surface area contributed by atoms with Crippen LogP contribution in [0, 0.1) is 23.7 Å². The van der Waals surface area contributed by atoms with Gasteiger partial charge in [0, 0.05) is 2.85 Å². The highest BCUT2D eigenvalue weighted by Gasteiger charge is 2.29. The lowest BCUT2D eigenvalue weighted by Gasteiger charge is -2.37. The minimum Gasteiger partial charge on any atom is -0.0917 e. The third kappa shape index (κ3) is 3.86. The summed E-state index contributed by atoms with van der Waals surface area (Å²) >= 11 is 0. The molecule has 2 fully saturated rings. The molecule has 0 aromatic rings. The zero-order valence-electron chi connectivity index (χ0n) is 11.8. The van der Waals surface area contributed by atoms with Crippen LogP contribution < -0.4 is 0 Å². The van der Waals surface area contributed by atoms with E-state index in [1.54, 1.807) is 0 Å². The van der Waals surface area contributed by atoms with Gasteiger partial charge in [0.05, 0.1) is 0 Å². The van der Waals surface area contributed by atoms with E-state index in [2.05, 4.69) is 26.0 Å². The Labute approximate surface area is 111 Å². The predicted octanol–water partition coefficient (Wildman–Crippen LogP) is 6.08. The van der Waals surface area contributed by atoms with Crippen LogP contribution in [0.15, 0.2) is 12.2 Å². The summed E-state index contributed by atoms with van der Waals surface area (Å²) in [6.07, 6.45) is 18.1. The molecule has 0 aromatic carbocycles. The van der Waals surface area contributed by atoms with Gasteiger partial charge in [0.25, 0.3) is 0 Å². The van der Waals surface area contributed by atoms with Gasteiger partial charge in [-0.1, -0.05) is 31.9 Å². The van der Waals surface area contributed by atoms with Gasteiger partial charge in [-0.3, -0.25) is 0 Å². The fraction of sp³-hybridized carbons (Fsp3) is 0.882. The van der Waals surface area contributed by atoms with Gasteiger partial charge in [-0.05, 0) is 75.5 Å². The monoisotopic (exact) mass is 238 g/mol. The maximum Gasteiger partial charge on any atom is 0 e. The molecule has 0 bridgehead atoms. The summed E-state index contributed by atoms with van der Waals surface area (Å²) in [6, 6.07) is 0. The lowest BCUT2D eigenvalue weighted by atomic mass is 9.69. The molecule has 0 unspecified atom stereocenters. The predicted molar refractivity (Wildman–Crippen MR) is 80.2 cm³/mol. The number of hydrogen-bond acceptors (Lipinski definition) is 0. The van der Waals surface area contributed by atoms with Crippen molar-refractivity contribution in [1.82, 2.24) is 0 Å². The van der Waals surface area contributed by atoms with Crippen molar-refractivity contribution >= 4 is 0 Å². The van der Waals surface area contributed by atoms with Crippen LogP contribution in [0.4, 0.5) is 0 Å². The van der Waals surface area contributed by atoms with E-state index in [0.717, 1.165) is 23.7 Å². The molecule has 2 saturated carbocycles. The van der Waals surface area contributed by atoms with Crippen molar-refractivity contribution in [2.75, 3.05) is 0 Å². The second-order valence-corrected chi connectivity index (χ2v) is 6.61. The first kappa shape index (κ1) is 13.2. The quantitative estimate of drug-likeness (QED) is 0.523. The Hall–Kier alpha value is -0.260. The molecule has 0 heteroatoms. The molecule has 0 amide bonds. The van der Waals surface area contributed by atoms with Crippen LogP contribution >= 0.6 is 0 Å². The third-order valence-electron chi connectivity index (χ3n) is 5.32. The molecule has 0 aliphatic heterocycles. The fourth-order valence-electron chi connectivity index (χ4n) is 3.98. The van der Waals surface area contributed by atoms with Crippen molar-refractivity contribution in [2.45, 2.75) is 71.6 Å². The smallest absolute Gasteiger partial charge is 0 e. The third-order valence-corrected chi connectivity index (χ3v) is 5.32. The van der Waals surface area contributed by atoms with Crippen LogP contribution in [0.1, 0.15) is 74.5 Å². The SMILES string of the molecule is C/C=C/CC1CCC(C2CCC(C)CC2)CC1.[HH].[HH]. The lowest BCUT2D eigenvalue weighted by molar-refractivity contribution is 0.151. The summed E-state index contributed by atoms with van der Waals surface area (Å²) in [4.78, 5) is 0. The average molecular weight is 238 g/mol. The van der Waals surface area contributed by atoms with E-state index in [9.17, 15) is 0 Å². The molecule has 0 spiro atoms. The summed E-state index contributed by atoms with van der Waals surface area (Å²) in [6.45, 7) is 4.58. The van der Waals surface area contributed by atoms with Crippen molar-refractivity contribution in [3.05, 3.63) is 12.2 Å². The van der Waals surface area contributed by atoms with E-state index in [1.165, 1.54) is 57.8 Å². The number of hydrogen-bond donors (Lipinski definition) is 0. The molecule has 0 atom stereocenters. The van der Waals surface area contributed by atoms with Gasteiger partial charge < -0.3 is 0 Å². The second-order valence-electron chi connectivity index (χ2n) is 6.61. The maximum absolute atomic E-state index is 2.43. The Morgan fingerprint density at radius 1 is 0.882 bits per heavy atom. The first-order valence-electron chi connectivity index (χ1n) is 7.90. The standard InChI is InChI=1S/C17H30.2H2/c1-3-4-5-15-8-12-17(13-9-15)16-10-6-14(2)7-11-16;;/h3-4,14-17H,5-13H2,1-2H3;2*1H/b4-3+;;. The molecule has 17 heavy (non-hydrogen) atoms. The summed E-state index contributed by atoms with van der Waals surface area (Å²) < 4.78 is 0. The molecule has 0 saturated heterocycles. The summed E-state index contributed by atoms with van der Waals surface area (Å²) in [5, 5.41) is 0. The molecule has 2 rings (SSSR count).